The van der Waals surface area contributed by atoms with E-state index in [1.807, 2.05) is 29.2 Å². The Bertz CT molecular complexity index is 693. The monoisotopic (exact) mass is 308 g/mol. The van der Waals surface area contributed by atoms with Gasteiger partial charge in [-0.3, -0.25) is 4.79 Å². The second kappa shape index (κ2) is 6.45. The van der Waals surface area contributed by atoms with Gasteiger partial charge < -0.3 is 10.6 Å². The third kappa shape index (κ3) is 3.39. The van der Waals surface area contributed by atoms with E-state index in [1.165, 1.54) is 11.1 Å². The molecule has 0 radical (unpaired) electrons. The standard InChI is InChI=1S/C20H24N2O/c1-14-5-3-4-6-19(14)17-11-15(2)22(13-17)20(23)12-16-7-9-18(21)10-8-16/h3-10,15,17H,11-13,21H2,1-2H3. The van der Waals surface area contributed by atoms with E-state index in [-0.39, 0.29) is 5.91 Å². The molecule has 23 heavy (non-hydrogen) atoms. The number of hydrogen-bond acceptors (Lipinski definition) is 2. The Morgan fingerprint density at radius 3 is 2.57 bits per heavy atom. The van der Waals surface area contributed by atoms with Crippen LogP contribution < -0.4 is 5.73 Å². The maximum Gasteiger partial charge on any atom is 0.227 e. The molecular weight excluding hydrogens is 284 g/mol. The van der Waals surface area contributed by atoms with Crippen LogP contribution in [0.4, 0.5) is 5.69 Å². The lowest BCUT2D eigenvalue weighted by atomic mass is 9.93. The van der Waals surface area contributed by atoms with Crippen molar-refractivity contribution >= 4 is 11.6 Å². The lowest BCUT2D eigenvalue weighted by Crippen LogP contribution is -2.35. The van der Waals surface area contributed by atoms with Gasteiger partial charge in [0.1, 0.15) is 0 Å². The summed E-state index contributed by atoms with van der Waals surface area (Å²) in [6.45, 7) is 5.12. The number of carbonyl (C=O) groups excluding carboxylic acids is 1. The summed E-state index contributed by atoms with van der Waals surface area (Å²) in [6.07, 6.45) is 1.49. The Morgan fingerprint density at radius 1 is 1.17 bits per heavy atom. The summed E-state index contributed by atoms with van der Waals surface area (Å²) in [4.78, 5) is 14.7. The molecule has 2 aromatic rings. The lowest BCUT2D eigenvalue weighted by molar-refractivity contribution is -0.131. The molecule has 2 atom stereocenters. The van der Waals surface area contributed by atoms with E-state index in [0.29, 0.717) is 18.4 Å². The zero-order chi connectivity index (χ0) is 16.4. The second-order valence-electron chi connectivity index (χ2n) is 6.60. The van der Waals surface area contributed by atoms with Crippen LogP contribution in [0.2, 0.25) is 0 Å². The number of aryl methyl sites for hydroxylation is 1. The molecule has 0 aromatic heterocycles. The molecule has 3 nitrogen and oxygen atoms in total. The number of amides is 1. The van der Waals surface area contributed by atoms with Gasteiger partial charge >= 0.3 is 0 Å². The van der Waals surface area contributed by atoms with E-state index in [1.54, 1.807) is 0 Å². The molecule has 1 amide bonds. The van der Waals surface area contributed by atoms with E-state index in [0.717, 1.165) is 24.2 Å². The highest BCUT2D eigenvalue weighted by molar-refractivity contribution is 5.79. The maximum absolute atomic E-state index is 12.7. The molecule has 3 rings (SSSR count). The van der Waals surface area contributed by atoms with E-state index in [4.69, 9.17) is 5.73 Å². The summed E-state index contributed by atoms with van der Waals surface area (Å²) in [6, 6.07) is 16.4. The van der Waals surface area contributed by atoms with Crippen LogP contribution in [-0.2, 0) is 11.2 Å². The number of nitrogen functional groups attached to an aromatic ring is 1. The van der Waals surface area contributed by atoms with Gasteiger partial charge in [0.05, 0.1) is 6.42 Å². The van der Waals surface area contributed by atoms with Gasteiger partial charge in [0.2, 0.25) is 5.91 Å². The summed E-state index contributed by atoms with van der Waals surface area (Å²) >= 11 is 0. The number of likely N-dealkylation sites (tertiary alicyclic amines) is 1. The number of benzene rings is 2. The predicted molar refractivity (Wildman–Crippen MR) is 94.3 cm³/mol. The number of nitrogens with two attached hydrogens (primary N) is 1. The molecule has 2 aromatic carbocycles. The van der Waals surface area contributed by atoms with E-state index >= 15 is 0 Å². The normalized spacial score (nSPS) is 20.7. The Hall–Kier alpha value is -2.29. The summed E-state index contributed by atoms with van der Waals surface area (Å²) in [7, 11) is 0. The molecular formula is C20H24N2O. The Balaban J connectivity index is 1.70. The van der Waals surface area contributed by atoms with Gasteiger partial charge in [0.15, 0.2) is 0 Å². The predicted octanol–water partition coefficient (Wildman–Crippen LogP) is 3.52. The maximum atomic E-state index is 12.7. The fourth-order valence-corrected chi connectivity index (χ4v) is 3.56. The van der Waals surface area contributed by atoms with Crippen molar-refractivity contribution in [2.75, 3.05) is 12.3 Å². The fourth-order valence-electron chi connectivity index (χ4n) is 3.56. The Labute approximate surface area is 138 Å². The Kier molecular flexibility index (Phi) is 4.37. The molecule has 0 bridgehead atoms. The van der Waals surface area contributed by atoms with Crippen LogP contribution in [0.1, 0.15) is 36.0 Å². The molecule has 1 saturated heterocycles. The van der Waals surface area contributed by atoms with Crippen LogP contribution in [0.15, 0.2) is 48.5 Å². The van der Waals surface area contributed by atoms with Crippen molar-refractivity contribution in [2.24, 2.45) is 0 Å². The second-order valence-corrected chi connectivity index (χ2v) is 6.60. The average Bonchev–Trinajstić information content (AvgIpc) is 2.92. The summed E-state index contributed by atoms with van der Waals surface area (Å²) in [5.74, 6) is 0.653. The summed E-state index contributed by atoms with van der Waals surface area (Å²) in [5, 5.41) is 0. The van der Waals surface area contributed by atoms with Gasteiger partial charge in [0.25, 0.3) is 0 Å². The highest BCUT2D eigenvalue weighted by Gasteiger charge is 2.33. The van der Waals surface area contributed by atoms with Crippen molar-refractivity contribution < 1.29 is 4.79 Å². The zero-order valence-electron chi connectivity index (χ0n) is 13.8. The minimum Gasteiger partial charge on any atom is -0.399 e. The minimum absolute atomic E-state index is 0.207. The lowest BCUT2D eigenvalue weighted by Gasteiger charge is -2.21. The first-order chi connectivity index (χ1) is 11.0. The van der Waals surface area contributed by atoms with Crippen LogP contribution >= 0.6 is 0 Å². The van der Waals surface area contributed by atoms with Crippen molar-refractivity contribution in [3.05, 3.63) is 65.2 Å². The quantitative estimate of drug-likeness (QED) is 0.882. The van der Waals surface area contributed by atoms with Gasteiger partial charge in [-0.05, 0) is 49.1 Å². The fraction of sp³-hybridized carbons (Fsp3) is 0.350. The smallest absolute Gasteiger partial charge is 0.227 e. The molecule has 1 aliphatic heterocycles. The number of hydrogen-bond donors (Lipinski definition) is 1. The molecule has 0 saturated carbocycles. The van der Waals surface area contributed by atoms with E-state index < -0.39 is 0 Å². The molecule has 1 fully saturated rings. The third-order valence-electron chi connectivity index (χ3n) is 4.86. The van der Waals surface area contributed by atoms with E-state index in [2.05, 4.69) is 38.1 Å². The van der Waals surface area contributed by atoms with Crippen LogP contribution in [-0.4, -0.2) is 23.4 Å². The highest BCUT2D eigenvalue weighted by Crippen LogP contribution is 2.33. The zero-order valence-corrected chi connectivity index (χ0v) is 13.8. The van der Waals surface area contributed by atoms with Crippen LogP contribution in [0.3, 0.4) is 0 Å². The van der Waals surface area contributed by atoms with Gasteiger partial charge in [-0.1, -0.05) is 36.4 Å². The number of nitrogens with zero attached hydrogens (tertiary/aromatic N) is 1. The topological polar surface area (TPSA) is 46.3 Å². The molecule has 3 heteroatoms. The van der Waals surface area contributed by atoms with Crippen molar-refractivity contribution in [1.82, 2.24) is 4.90 Å². The summed E-state index contributed by atoms with van der Waals surface area (Å²) < 4.78 is 0. The van der Waals surface area contributed by atoms with Crippen LogP contribution in [0.5, 0.6) is 0 Å². The van der Waals surface area contributed by atoms with Gasteiger partial charge in [-0.15, -0.1) is 0 Å². The molecule has 2 N–H and O–H groups in total. The van der Waals surface area contributed by atoms with Gasteiger partial charge in [-0.25, -0.2) is 0 Å². The van der Waals surface area contributed by atoms with E-state index in [9.17, 15) is 4.79 Å². The molecule has 0 spiro atoms. The van der Waals surface area contributed by atoms with Crippen molar-refractivity contribution in [2.45, 2.75) is 38.6 Å². The third-order valence-corrected chi connectivity index (χ3v) is 4.86. The van der Waals surface area contributed by atoms with Crippen LogP contribution in [0.25, 0.3) is 0 Å². The first kappa shape index (κ1) is 15.6. The summed E-state index contributed by atoms with van der Waals surface area (Å²) in [5.41, 5.74) is 10.2. The minimum atomic E-state index is 0.207. The SMILES string of the molecule is Cc1ccccc1C1CC(C)N(C(=O)Cc2ccc(N)cc2)C1. The van der Waals surface area contributed by atoms with Gasteiger partial charge in [-0.2, -0.15) is 0 Å². The number of carbonyl (C=O) groups is 1. The molecule has 1 aliphatic rings. The highest BCUT2D eigenvalue weighted by atomic mass is 16.2. The molecule has 1 heterocycles. The molecule has 0 aliphatic carbocycles. The molecule has 2 unspecified atom stereocenters. The number of rotatable bonds is 3. The van der Waals surface area contributed by atoms with Crippen LogP contribution in [0, 0.1) is 6.92 Å². The van der Waals surface area contributed by atoms with Crippen molar-refractivity contribution in [3.63, 3.8) is 0 Å². The van der Waals surface area contributed by atoms with Crippen molar-refractivity contribution in [1.29, 1.82) is 0 Å². The largest absolute Gasteiger partial charge is 0.399 e. The first-order valence-electron chi connectivity index (χ1n) is 8.24. The van der Waals surface area contributed by atoms with Gasteiger partial charge in [0, 0.05) is 24.2 Å². The number of anilines is 1. The molecule has 120 valence electrons. The Morgan fingerprint density at radius 2 is 1.87 bits per heavy atom. The van der Waals surface area contributed by atoms with Crippen molar-refractivity contribution in [3.8, 4) is 0 Å². The average molecular weight is 308 g/mol. The first-order valence-corrected chi connectivity index (χ1v) is 8.24.